The lowest BCUT2D eigenvalue weighted by atomic mass is 10.00. The molecule has 7 heteroatoms. The van der Waals surface area contributed by atoms with Crippen LogP contribution >= 0.6 is 0 Å². The zero-order chi connectivity index (χ0) is 21.1. The SMILES string of the molecule is CON(C)c1nc2ccccc2c(N(C)OC)c1Cc1ccc(-n2cccn2)cc1. The molecule has 0 saturated carbocycles. The largest absolute Gasteiger partial charge is 0.277 e. The smallest absolute Gasteiger partial charge is 0.158 e. The zero-order valence-electron chi connectivity index (χ0n) is 17.6. The second kappa shape index (κ2) is 8.52. The summed E-state index contributed by atoms with van der Waals surface area (Å²) >= 11 is 0. The molecule has 0 aliphatic heterocycles. The van der Waals surface area contributed by atoms with Crippen molar-refractivity contribution >= 4 is 22.4 Å². The summed E-state index contributed by atoms with van der Waals surface area (Å²) in [7, 11) is 7.07. The molecular formula is C23H25N5O2. The molecule has 0 atom stereocenters. The van der Waals surface area contributed by atoms with Gasteiger partial charge in [-0.1, -0.05) is 30.3 Å². The van der Waals surface area contributed by atoms with Crippen molar-refractivity contribution in [2.45, 2.75) is 6.42 Å². The Balaban J connectivity index is 1.83. The third-order valence-corrected chi connectivity index (χ3v) is 5.19. The van der Waals surface area contributed by atoms with Crippen LogP contribution in [0.2, 0.25) is 0 Å². The second-order valence-electron chi connectivity index (χ2n) is 6.93. The van der Waals surface area contributed by atoms with Gasteiger partial charge in [0.15, 0.2) is 5.82 Å². The molecule has 0 bridgehead atoms. The Morgan fingerprint density at radius 3 is 2.30 bits per heavy atom. The minimum atomic E-state index is 0.670. The van der Waals surface area contributed by atoms with E-state index in [9.17, 15) is 0 Å². The van der Waals surface area contributed by atoms with Crippen LogP contribution in [0.3, 0.4) is 0 Å². The van der Waals surface area contributed by atoms with Gasteiger partial charge in [0, 0.05) is 43.9 Å². The molecule has 0 fully saturated rings. The predicted molar refractivity (Wildman–Crippen MR) is 119 cm³/mol. The molecule has 4 rings (SSSR count). The van der Waals surface area contributed by atoms with Crippen molar-refractivity contribution in [3.8, 4) is 5.69 Å². The van der Waals surface area contributed by atoms with E-state index in [0.717, 1.165) is 39.2 Å². The maximum absolute atomic E-state index is 5.59. The van der Waals surface area contributed by atoms with Gasteiger partial charge in [-0.25, -0.2) is 14.7 Å². The highest BCUT2D eigenvalue weighted by Crippen LogP contribution is 2.36. The van der Waals surface area contributed by atoms with E-state index in [0.29, 0.717) is 6.42 Å². The Kier molecular flexibility index (Phi) is 5.65. The summed E-state index contributed by atoms with van der Waals surface area (Å²) in [4.78, 5) is 16.0. The lowest BCUT2D eigenvalue weighted by molar-refractivity contribution is 0.179. The summed E-state index contributed by atoms with van der Waals surface area (Å²) in [6.45, 7) is 0. The number of pyridine rings is 1. The summed E-state index contributed by atoms with van der Waals surface area (Å²) in [5.74, 6) is 0.756. The van der Waals surface area contributed by atoms with Gasteiger partial charge in [-0.3, -0.25) is 14.7 Å². The van der Waals surface area contributed by atoms with E-state index in [1.165, 1.54) is 0 Å². The lowest BCUT2D eigenvalue weighted by Gasteiger charge is -2.26. The standard InChI is InChI=1S/C23H25N5O2/c1-26(29-3)22-19-8-5-6-9-21(19)25-23(27(2)30-4)20(22)16-17-10-12-18(13-11-17)28-15-7-14-24-28/h5-15H,16H2,1-4H3. The topological polar surface area (TPSA) is 55.6 Å². The van der Waals surface area contributed by atoms with E-state index in [1.54, 1.807) is 30.5 Å². The van der Waals surface area contributed by atoms with E-state index in [-0.39, 0.29) is 0 Å². The average Bonchev–Trinajstić information content (AvgIpc) is 3.33. The molecule has 4 aromatic rings. The molecule has 7 nitrogen and oxygen atoms in total. The van der Waals surface area contributed by atoms with Crippen LogP contribution < -0.4 is 10.1 Å². The predicted octanol–water partition coefficient (Wildman–Crippen LogP) is 4.01. The molecule has 0 aliphatic rings. The first kappa shape index (κ1) is 19.9. The number of fused-ring (bicyclic) bond motifs is 1. The second-order valence-corrected chi connectivity index (χ2v) is 6.93. The molecule has 0 spiro atoms. The van der Waals surface area contributed by atoms with Crippen molar-refractivity contribution in [2.24, 2.45) is 0 Å². The molecule has 2 aromatic carbocycles. The number of hydroxylamine groups is 2. The summed E-state index contributed by atoms with van der Waals surface area (Å²) in [6.07, 6.45) is 4.37. The van der Waals surface area contributed by atoms with E-state index >= 15 is 0 Å². The highest BCUT2D eigenvalue weighted by atomic mass is 16.7. The fraction of sp³-hybridized carbons (Fsp3) is 0.217. The van der Waals surface area contributed by atoms with Gasteiger partial charge in [-0.05, 0) is 29.8 Å². The highest BCUT2D eigenvalue weighted by molar-refractivity contribution is 5.95. The van der Waals surface area contributed by atoms with Gasteiger partial charge in [0.1, 0.15) is 0 Å². The van der Waals surface area contributed by atoms with Crippen molar-refractivity contribution in [1.29, 1.82) is 0 Å². The number of anilines is 2. The van der Waals surface area contributed by atoms with E-state index in [4.69, 9.17) is 14.7 Å². The minimum Gasteiger partial charge on any atom is -0.277 e. The van der Waals surface area contributed by atoms with Crippen LogP contribution in [-0.4, -0.2) is 43.1 Å². The number of benzene rings is 2. The van der Waals surface area contributed by atoms with E-state index in [1.807, 2.05) is 49.2 Å². The van der Waals surface area contributed by atoms with Gasteiger partial charge in [0.25, 0.3) is 0 Å². The summed E-state index contributed by atoms with van der Waals surface area (Å²) < 4.78 is 1.84. The average molecular weight is 403 g/mol. The summed E-state index contributed by atoms with van der Waals surface area (Å²) in [5, 5.41) is 8.79. The fourth-order valence-corrected chi connectivity index (χ4v) is 3.57. The van der Waals surface area contributed by atoms with Crippen molar-refractivity contribution in [3.05, 3.63) is 78.1 Å². The lowest BCUT2D eigenvalue weighted by Crippen LogP contribution is -2.23. The summed E-state index contributed by atoms with van der Waals surface area (Å²) in [5.41, 5.74) is 5.05. The molecule has 0 saturated heterocycles. The Hall–Kier alpha value is -3.42. The Morgan fingerprint density at radius 1 is 0.900 bits per heavy atom. The van der Waals surface area contributed by atoms with Gasteiger partial charge in [-0.2, -0.15) is 5.10 Å². The summed E-state index contributed by atoms with van der Waals surface area (Å²) in [6, 6.07) is 18.3. The van der Waals surface area contributed by atoms with Crippen LogP contribution in [0.1, 0.15) is 11.1 Å². The third-order valence-electron chi connectivity index (χ3n) is 5.19. The first-order chi connectivity index (χ1) is 14.6. The normalized spacial score (nSPS) is 11.1. The van der Waals surface area contributed by atoms with Crippen molar-refractivity contribution < 1.29 is 9.68 Å². The Bertz CT molecular complexity index is 1130. The number of aromatic nitrogens is 3. The van der Waals surface area contributed by atoms with Crippen molar-refractivity contribution in [3.63, 3.8) is 0 Å². The monoisotopic (exact) mass is 403 g/mol. The van der Waals surface area contributed by atoms with E-state index < -0.39 is 0 Å². The van der Waals surface area contributed by atoms with Crippen molar-refractivity contribution in [1.82, 2.24) is 14.8 Å². The molecule has 2 aromatic heterocycles. The van der Waals surface area contributed by atoms with Gasteiger partial charge in [0.05, 0.1) is 31.1 Å². The van der Waals surface area contributed by atoms with Crippen LogP contribution in [0.5, 0.6) is 0 Å². The van der Waals surface area contributed by atoms with Gasteiger partial charge < -0.3 is 0 Å². The number of hydrogen-bond donors (Lipinski definition) is 0. The van der Waals surface area contributed by atoms with E-state index in [2.05, 4.69) is 35.4 Å². The highest BCUT2D eigenvalue weighted by Gasteiger charge is 2.21. The molecular weight excluding hydrogens is 378 g/mol. The Morgan fingerprint density at radius 2 is 1.63 bits per heavy atom. The third kappa shape index (κ3) is 3.72. The molecule has 154 valence electrons. The molecule has 0 unspecified atom stereocenters. The van der Waals surface area contributed by atoms with Crippen molar-refractivity contribution in [2.75, 3.05) is 38.4 Å². The maximum Gasteiger partial charge on any atom is 0.158 e. The van der Waals surface area contributed by atoms with Gasteiger partial charge >= 0.3 is 0 Å². The molecule has 0 amide bonds. The van der Waals surface area contributed by atoms with Crippen LogP contribution in [0.25, 0.3) is 16.6 Å². The minimum absolute atomic E-state index is 0.670. The molecule has 0 radical (unpaired) electrons. The zero-order valence-corrected chi connectivity index (χ0v) is 17.6. The van der Waals surface area contributed by atoms with Gasteiger partial charge in [-0.15, -0.1) is 0 Å². The first-order valence-corrected chi connectivity index (χ1v) is 9.68. The number of para-hydroxylation sites is 1. The van der Waals surface area contributed by atoms with Gasteiger partial charge in [0.2, 0.25) is 0 Å². The number of rotatable bonds is 7. The first-order valence-electron chi connectivity index (χ1n) is 9.68. The fourth-order valence-electron chi connectivity index (χ4n) is 3.57. The van der Waals surface area contributed by atoms with Crippen LogP contribution in [0.4, 0.5) is 11.5 Å². The van der Waals surface area contributed by atoms with Crippen LogP contribution in [0, 0.1) is 0 Å². The van der Waals surface area contributed by atoms with Crippen LogP contribution in [0.15, 0.2) is 67.0 Å². The quantitative estimate of drug-likeness (QED) is 0.435. The number of nitrogens with zero attached hydrogens (tertiary/aromatic N) is 5. The maximum atomic E-state index is 5.59. The Labute approximate surface area is 176 Å². The molecule has 0 aliphatic carbocycles. The van der Waals surface area contributed by atoms with Crippen LogP contribution in [-0.2, 0) is 16.1 Å². The number of hydrogen-bond acceptors (Lipinski definition) is 6. The molecule has 2 heterocycles. The molecule has 0 N–H and O–H groups in total. The molecule has 30 heavy (non-hydrogen) atoms.